The van der Waals surface area contributed by atoms with Gasteiger partial charge in [-0.3, -0.25) is 4.79 Å². The number of carbonyl (C=O) groups excluding carboxylic acids is 1. The van der Waals surface area contributed by atoms with Crippen molar-refractivity contribution in [3.8, 4) is 5.75 Å². The molecule has 0 saturated heterocycles. The number of benzene rings is 1. The van der Waals surface area contributed by atoms with E-state index in [4.69, 9.17) is 4.74 Å². The Bertz CT molecular complexity index is 307. The topological polar surface area (TPSA) is 29.5 Å². The minimum Gasteiger partial charge on any atom is -0.492 e. The Hall–Kier alpha value is -1.51. The average Bonchev–Trinajstić information content (AvgIpc) is 2.32. The van der Waals surface area contributed by atoms with Gasteiger partial charge in [0, 0.05) is 19.2 Å². The lowest BCUT2D eigenvalue weighted by Crippen LogP contribution is -2.31. The van der Waals surface area contributed by atoms with Crippen molar-refractivity contribution in [2.24, 2.45) is 0 Å². The van der Waals surface area contributed by atoms with E-state index < -0.39 is 0 Å². The van der Waals surface area contributed by atoms with Gasteiger partial charge >= 0.3 is 0 Å². The number of hydrogen-bond donors (Lipinski definition) is 0. The largest absolute Gasteiger partial charge is 0.492 e. The lowest BCUT2D eigenvalue weighted by Gasteiger charge is -2.18. The van der Waals surface area contributed by atoms with Crippen LogP contribution in [0.1, 0.15) is 20.3 Å². The molecular formula is C13H18NO2. The number of hydrogen-bond acceptors (Lipinski definition) is 2. The Balaban J connectivity index is 2.28. The quantitative estimate of drug-likeness (QED) is 0.735. The Morgan fingerprint density at radius 1 is 1.38 bits per heavy atom. The second-order valence-electron chi connectivity index (χ2n) is 3.39. The highest BCUT2D eigenvalue weighted by atomic mass is 16.5. The fourth-order valence-electron chi connectivity index (χ4n) is 1.45. The van der Waals surface area contributed by atoms with Crippen LogP contribution in [0.15, 0.2) is 24.3 Å². The fourth-order valence-corrected chi connectivity index (χ4v) is 1.45. The van der Waals surface area contributed by atoms with E-state index in [1.807, 2.05) is 32.0 Å². The normalized spacial score (nSPS) is 9.88. The molecule has 0 spiro atoms. The highest BCUT2D eigenvalue weighted by Gasteiger charge is 2.08. The van der Waals surface area contributed by atoms with Crippen molar-refractivity contribution in [2.45, 2.75) is 20.3 Å². The number of nitrogens with zero attached hydrogens (tertiary/aromatic N) is 1. The lowest BCUT2D eigenvalue weighted by molar-refractivity contribution is -0.131. The second kappa shape index (κ2) is 6.88. The van der Waals surface area contributed by atoms with Gasteiger partial charge in [-0.15, -0.1) is 0 Å². The Morgan fingerprint density at radius 3 is 2.69 bits per heavy atom. The summed E-state index contributed by atoms with van der Waals surface area (Å²) in [5.74, 6) is 0.829. The third kappa shape index (κ3) is 3.93. The molecule has 0 atom stereocenters. The smallest absolute Gasteiger partial charge is 0.225 e. The van der Waals surface area contributed by atoms with Crippen LogP contribution in [0.5, 0.6) is 5.75 Å². The van der Waals surface area contributed by atoms with Gasteiger partial charge in [0.05, 0.1) is 13.0 Å². The molecule has 1 aromatic rings. The van der Waals surface area contributed by atoms with Crippen molar-refractivity contribution < 1.29 is 9.53 Å². The fraction of sp³-hybridized carbons (Fsp3) is 0.462. The zero-order valence-electron chi connectivity index (χ0n) is 9.90. The molecule has 0 unspecified atom stereocenters. The van der Waals surface area contributed by atoms with Gasteiger partial charge in [-0.05, 0) is 19.9 Å². The van der Waals surface area contributed by atoms with E-state index in [1.165, 1.54) is 0 Å². The van der Waals surface area contributed by atoms with Crippen LogP contribution in [0.4, 0.5) is 0 Å². The Morgan fingerprint density at radius 2 is 2.12 bits per heavy atom. The lowest BCUT2D eigenvalue weighted by atomic mass is 10.3. The minimum absolute atomic E-state index is 0.140. The molecule has 1 amide bonds. The molecule has 0 aliphatic heterocycles. The second-order valence-corrected chi connectivity index (χ2v) is 3.39. The maximum Gasteiger partial charge on any atom is 0.225 e. The zero-order chi connectivity index (χ0) is 11.8. The number of carbonyl (C=O) groups is 1. The monoisotopic (exact) mass is 220 g/mol. The van der Waals surface area contributed by atoms with E-state index in [1.54, 1.807) is 11.0 Å². The molecule has 1 aromatic carbocycles. The predicted molar refractivity (Wildman–Crippen MR) is 63.3 cm³/mol. The van der Waals surface area contributed by atoms with Crippen LogP contribution >= 0.6 is 0 Å². The van der Waals surface area contributed by atoms with Gasteiger partial charge < -0.3 is 9.64 Å². The van der Waals surface area contributed by atoms with Crippen molar-refractivity contribution >= 4 is 5.91 Å². The van der Waals surface area contributed by atoms with E-state index >= 15 is 0 Å². The molecule has 3 nitrogen and oxygen atoms in total. The van der Waals surface area contributed by atoms with Gasteiger partial charge in [-0.25, -0.2) is 0 Å². The molecule has 3 heteroatoms. The van der Waals surface area contributed by atoms with Crippen LogP contribution < -0.4 is 4.74 Å². The van der Waals surface area contributed by atoms with Crippen molar-refractivity contribution in [3.63, 3.8) is 0 Å². The molecule has 1 rings (SSSR count). The van der Waals surface area contributed by atoms with E-state index in [-0.39, 0.29) is 5.91 Å². The number of ether oxygens (including phenoxy) is 1. The number of para-hydroxylation sites is 1. The molecule has 1 radical (unpaired) electrons. The van der Waals surface area contributed by atoms with E-state index in [0.717, 1.165) is 13.1 Å². The summed E-state index contributed by atoms with van der Waals surface area (Å²) in [6.07, 6.45) is 0.421. The third-order valence-corrected chi connectivity index (χ3v) is 2.37. The highest BCUT2D eigenvalue weighted by Crippen LogP contribution is 2.07. The average molecular weight is 220 g/mol. The van der Waals surface area contributed by atoms with E-state index in [9.17, 15) is 4.79 Å². The summed E-state index contributed by atoms with van der Waals surface area (Å²) in [5, 5.41) is 0. The van der Waals surface area contributed by atoms with Gasteiger partial charge in [0.2, 0.25) is 5.91 Å². The summed E-state index contributed by atoms with van der Waals surface area (Å²) in [7, 11) is 0. The SMILES string of the molecule is CCN(CC)C(=O)CCOc1[c]cccc1. The van der Waals surface area contributed by atoms with Crippen LogP contribution in [-0.4, -0.2) is 30.5 Å². The molecule has 16 heavy (non-hydrogen) atoms. The summed E-state index contributed by atoms with van der Waals surface area (Å²) in [6, 6.07) is 10.4. The van der Waals surface area contributed by atoms with Crippen molar-refractivity contribution in [3.05, 3.63) is 30.3 Å². The van der Waals surface area contributed by atoms with E-state index in [0.29, 0.717) is 18.8 Å². The van der Waals surface area contributed by atoms with Gasteiger partial charge in [0.15, 0.2) is 0 Å². The summed E-state index contributed by atoms with van der Waals surface area (Å²) in [6.45, 7) is 5.88. The Kier molecular flexibility index (Phi) is 5.40. The standard InChI is InChI=1S/C13H18NO2/c1-3-14(4-2)13(15)10-11-16-12-8-6-5-7-9-12/h5-8H,3-4,10-11H2,1-2H3. The minimum atomic E-state index is 0.140. The number of rotatable bonds is 6. The van der Waals surface area contributed by atoms with Crippen molar-refractivity contribution in [1.82, 2.24) is 4.90 Å². The first-order valence-electron chi connectivity index (χ1n) is 5.65. The molecule has 0 aliphatic carbocycles. The zero-order valence-corrected chi connectivity index (χ0v) is 9.90. The highest BCUT2D eigenvalue weighted by molar-refractivity contribution is 5.76. The van der Waals surface area contributed by atoms with E-state index in [2.05, 4.69) is 6.07 Å². The molecular weight excluding hydrogens is 202 g/mol. The number of amides is 1. The van der Waals surface area contributed by atoms with Crippen molar-refractivity contribution in [2.75, 3.05) is 19.7 Å². The summed E-state index contributed by atoms with van der Waals surface area (Å²) < 4.78 is 5.41. The maximum absolute atomic E-state index is 11.6. The van der Waals surface area contributed by atoms with Gasteiger partial charge in [0.1, 0.15) is 5.75 Å². The molecule has 87 valence electrons. The predicted octanol–water partition coefficient (Wildman–Crippen LogP) is 2.12. The summed E-state index contributed by atoms with van der Waals surface area (Å²) in [4.78, 5) is 13.4. The van der Waals surface area contributed by atoms with Gasteiger partial charge in [0.25, 0.3) is 0 Å². The summed E-state index contributed by atoms with van der Waals surface area (Å²) >= 11 is 0. The molecule has 0 bridgehead atoms. The van der Waals surface area contributed by atoms with Gasteiger partial charge in [-0.2, -0.15) is 0 Å². The molecule has 0 N–H and O–H groups in total. The maximum atomic E-state index is 11.6. The molecule has 0 aliphatic rings. The third-order valence-electron chi connectivity index (χ3n) is 2.37. The van der Waals surface area contributed by atoms with Crippen LogP contribution in [0.3, 0.4) is 0 Å². The first-order valence-corrected chi connectivity index (χ1v) is 5.65. The molecule has 0 heterocycles. The Labute approximate surface area is 97.0 Å². The van der Waals surface area contributed by atoms with Crippen LogP contribution in [0.2, 0.25) is 0 Å². The van der Waals surface area contributed by atoms with Crippen LogP contribution in [0.25, 0.3) is 0 Å². The van der Waals surface area contributed by atoms with Crippen LogP contribution in [0, 0.1) is 6.07 Å². The molecule has 0 saturated carbocycles. The van der Waals surface area contributed by atoms with Gasteiger partial charge in [-0.1, -0.05) is 18.2 Å². The van der Waals surface area contributed by atoms with Crippen molar-refractivity contribution in [1.29, 1.82) is 0 Å². The first-order chi connectivity index (χ1) is 7.77. The molecule has 0 aromatic heterocycles. The first kappa shape index (κ1) is 12.6. The van der Waals surface area contributed by atoms with Crippen LogP contribution in [-0.2, 0) is 4.79 Å². The summed E-state index contributed by atoms with van der Waals surface area (Å²) in [5.41, 5.74) is 0. The molecule has 0 fully saturated rings.